The van der Waals surface area contributed by atoms with Gasteiger partial charge in [0.2, 0.25) is 5.91 Å². The summed E-state index contributed by atoms with van der Waals surface area (Å²) in [7, 11) is 0. The van der Waals surface area contributed by atoms with Crippen molar-refractivity contribution in [3.05, 3.63) is 35.9 Å². The minimum atomic E-state index is 0.314. The van der Waals surface area contributed by atoms with Gasteiger partial charge in [0, 0.05) is 24.9 Å². The first-order chi connectivity index (χ1) is 10.3. The number of rotatable bonds is 5. The molecule has 2 aliphatic rings. The van der Waals surface area contributed by atoms with Gasteiger partial charge in [-0.1, -0.05) is 43.2 Å². The molecule has 1 aliphatic heterocycles. The number of likely N-dealkylation sites (tertiary alicyclic amines) is 1. The molecule has 0 radical (unpaired) electrons. The van der Waals surface area contributed by atoms with Crippen LogP contribution < -0.4 is 0 Å². The summed E-state index contributed by atoms with van der Waals surface area (Å²) in [4.78, 5) is 14.4. The number of nitrogens with zero attached hydrogens (tertiary/aromatic N) is 1. The van der Waals surface area contributed by atoms with Crippen LogP contribution in [0.2, 0.25) is 0 Å². The number of ether oxygens (including phenoxy) is 1. The summed E-state index contributed by atoms with van der Waals surface area (Å²) in [6.07, 6.45) is 5.75. The largest absolute Gasteiger partial charge is 0.376 e. The first-order valence-corrected chi connectivity index (χ1v) is 8.23. The highest BCUT2D eigenvalue weighted by molar-refractivity contribution is 5.79. The minimum absolute atomic E-state index is 0.314. The zero-order chi connectivity index (χ0) is 14.5. The fourth-order valence-corrected chi connectivity index (χ4v) is 3.52. The van der Waals surface area contributed by atoms with Crippen molar-refractivity contribution in [1.29, 1.82) is 0 Å². The Morgan fingerprint density at radius 3 is 2.67 bits per heavy atom. The third kappa shape index (κ3) is 3.85. The van der Waals surface area contributed by atoms with Crippen LogP contribution in [0.4, 0.5) is 0 Å². The molecule has 1 amide bonds. The van der Waals surface area contributed by atoms with Crippen LogP contribution in [0.1, 0.15) is 37.7 Å². The van der Waals surface area contributed by atoms with Crippen LogP contribution >= 0.6 is 0 Å². The van der Waals surface area contributed by atoms with Crippen molar-refractivity contribution in [1.82, 2.24) is 4.90 Å². The number of benzene rings is 1. The maximum atomic E-state index is 12.4. The van der Waals surface area contributed by atoms with Gasteiger partial charge in [-0.3, -0.25) is 4.79 Å². The second kappa shape index (κ2) is 7.08. The summed E-state index contributed by atoms with van der Waals surface area (Å²) in [6.45, 7) is 3.26. The standard InChI is InChI=1S/C18H25NO2/c20-18(17-8-4-5-9-17)19-11-10-16(12-19)14-21-13-15-6-2-1-3-7-15/h1-3,6-7,16-17H,4-5,8-14H2/t16-/m1/s1. The Balaban J connectivity index is 1.39. The Morgan fingerprint density at radius 1 is 1.14 bits per heavy atom. The average molecular weight is 287 g/mol. The van der Waals surface area contributed by atoms with Crippen molar-refractivity contribution in [2.24, 2.45) is 11.8 Å². The normalized spacial score (nSPS) is 22.9. The monoisotopic (exact) mass is 287 g/mol. The Bertz CT molecular complexity index is 454. The van der Waals surface area contributed by atoms with Gasteiger partial charge >= 0.3 is 0 Å². The van der Waals surface area contributed by atoms with E-state index in [4.69, 9.17) is 4.74 Å². The molecular weight excluding hydrogens is 262 g/mol. The van der Waals surface area contributed by atoms with Gasteiger partial charge < -0.3 is 9.64 Å². The van der Waals surface area contributed by atoms with Crippen molar-refractivity contribution < 1.29 is 9.53 Å². The molecule has 1 aliphatic carbocycles. The highest BCUT2D eigenvalue weighted by Crippen LogP contribution is 2.28. The third-order valence-electron chi connectivity index (χ3n) is 4.77. The second-order valence-corrected chi connectivity index (χ2v) is 6.42. The molecule has 3 nitrogen and oxygen atoms in total. The number of hydrogen-bond donors (Lipinski definition) is 0. The molecule has 1 saturated heterocycles. The van der Waals surface area contributed by atoms with E-state index in [1.54, 1.807) is 0 Å². The molecular formula is C18H25NO2. The Hall–Kier alpha value is -1.35. The molecule has 0 unspecified atom stereocenters. The number of carbonyl (C=O) groups excluding carboxylic acids is 1. The summed E-state index contributed by atoms with van der Waals surface area (Å²) in [6, 6.07) is 10.3. The first kappa shape index (κ1) is 14.6. The molecule has 1 saturated carbocycles. The van der Waals surface area contributed by atoms with Crippen LogP contribution in [-0.4, -0.2) is 30.5 Å². The predicted molar refractivity (Wildman–Crippen MR) is 82.7 cm³/mol. The van der Waals surface area contributed by atoms with Crippen LogP contribution in [0.3, 0.4) is 0 Å². The highest BCUT2D eigenvalue weighted by Gasteiger charge is 2.32. The summed E-state index contributed by atoms with van der Waals surface area (Å²) >= 11 is 0. The van der Waals surface area contributed by atoms with Crippen molar-refractivity contribution in [3.8, 4) is 0 Å². The second-order valence-electron chi connectivity index (χ2n) is 6.42. The third-order valence-corrected chi connectivity index (χ3v) is 4.77. The molecule has 1 aromatic carbocycles. The van der Waals surface area contributed by atoms with Crippen LogP contribution in [0.15, 0.2) is 30.3 Å². The van der Waals surface area contributed by atoms with E-state index in [1.807, 2.05) is 18.2 Å². The van der Waals surface area contributed by atoms with Gasteiger partial charge in [-0.25, -0.2) is 0 Å². The first-order valence-electron chi connectivity index (χ1n) is 8.23. The van der Waals surface area contributed by atoms with Crippen LogP contribution in [-0.2, 0) is 16.1 Å². The molecule has 0 N–H and O–H groups in total. The molecule has 1 aromatic rings. The van der Waals surface area contributed by atoms with Gasteiger partial charge in [0.15, 0.2) is 0 Å². The summed E-state index contributed by atoms with van der Waals surface area (Å²) in [5.41, 5.74) is 1.22. The maximum Gasteiger partial charge on any atom is 0.225 e. The molecule has 0 spiro atoms. The van der Waals surface area contributed by atoms with E-state index in [0.29, 0.717) is 24.3 Å². The maximum absolute atomic E-state index is 12.4. The van der Waals surface area contributed by atoms with Gasteiger partial charge in [-0.15, -0.1) is 0 Å². The smallest absolute Gasteiger partial charge is 0.225 e. The quantitative estimate of drug-likeness (QED) is 0.832. The summed E-state index contributed by atoms with van der Waals surface area (Å²) in [5, 5.41) is 0. The lowest BCUT2D eigenvalue weighted by molar-refractivity contribution is -0.134. The van der Waals surface area contributed by atoms with E-state index < -0.39 is 0 Å². The minimum Gasteiger partial charge on any atom is -0.376 e. The van der Waals surface area contributed by atoms with E-state index >= 15 is 0 Å². The molecule has 21 heavy (non-hydrogen) atoms. The Morgan fingerprint density at radius 2 is 1.90 bits per heavy atom. The number of carbonyl (C=O) groups is 1. The van der Waals surface area contributed by atoms with Crippen LogP contribution in [0.25, 0.3) is 0 Å². The van der Waals surface area contributed by atoms with Gasteiger partial charge in [0.1, 0.15) is 0 Å². The summed E-state index contributed by atoms with van der Waals surface area (Å²) in [5.74, 6) is 1.23. The van der Waals surface area contributed by atoms with Gasteiger partial charge in [-0.2, -0.15) is 0 Å². The van der Waals surface area contributed by atoms with Crippen LogP contribution in [0.5, 0.6) is 0 Å². The zero-order valence-electron chi connectivity index (χ0n) is 12.7. The molecule has 3 rings (SSSR count). The number of hydrogen-bond acceptors (Lipinski definition) is 2. The topological polar surface area (TPSA) is 29.5 Å². The van der Waals surface area contributed by atoms with Gasteiger partial charge in [-0.05, 0) is 24.8 Å². The Kier molecular flexibility index (Phi) is 4.91. The average Bonchev–Trinajstić information content (AvgIpc) is 3.19. The Labute approximate surface area is 127 Å². The molecule has 0 bridgehead atoms. The molecule has 114 valence electrons. The predicted octanol–water partition coefficient (Wildman–Crippen LogP) is 3.24. The van der Waals surface area contributed by atoms with E-state index in [0.717, 1.165) is 39.0 Å². The molecule has 1 atom stereocenters. The number of amides is 1. The van der Waals surface area contributed by atoms with Gasteiger partial charge in [0.25, 0.3) is 0 Å². The molecule has 0 aromatic heterocycles. The van der Waals surface area contributed by atoms with Crippen molar-refractivity contribution >= 4 is 5.91 Å². The zero-order valence-corrected chi connectivity index (χ0v) is 12.7. The lowest BCUT2D eigenvalue weighted by Crippen LogP contribution is -2.33. The van der Waals surface area contributed by atoms with Crippen molar-refractivity contribution in [2.75, 3.05) is 19.7 Å². The highest BCUT2D eigenvalue weighted by atomic mass is 16.5. The van der Waals surface area contributed by atoms with E-state index in [2.05, 4.69) is 17.0 Å². The SMILES string of the molecule is O=C(C1CCCC1)N1CC[C@@H](COCc2ccccc2)C1. The fraction of sp³-hybridized carbons (Fsp3) is 0.611. The van der Waals surface area contributed by atoms with E-state index in [-0.39, 0.29) is 0 Å². The lowest BCUT2D eigenvalue weighted by Gasteiger charge is -2.20. The molecule has 2 fully saturated rings. The molecule has 3 heteroatoms. The summed E-state index contributed by atoms with van der Waals surface area (Å²) < 4.78 is 5.82. The van der Waals surface area contributed by atoms with E-state index in [1.165, 1.54) is 18.4 Å². The fourth-order valence-electron chi connectivity index (χ4n) is 3.52. The van der Waals surface area contributed by atoms with Gasteiger partial charge in [0.05, 0.1) is 13.2 Å². The van der Waals surface area contributed by atoms with Crippen molar-refractivity contribution in [2.45, 2.75) is 38.7 Å². The van der Waals surface area contributed by atoms with Crippen molar-refractivity contribution in [3.63, 3.8) is 0 Å². The van der Waals surface area contributed by atoms with E-state index in [9.17, 15) is 4.79 Å². The lowest BCUT2D eigenvalue weighted by atomic mass is 10.1. The van der Waals surface area contributed by atoms with Crippen LogP contribution in [0, 0.1) is 11.8 Å². The molecule has 1 heterocycles.